The largest absolute Gasteiger partial charge is 0.495 e. The van der Waals surface area contributed by atoms with Crippen molar-refractivity contribution < 1.29 is 41.8 Å². The second-order valence-corrected chi connectivity index (χ2v) is 17.7. The number of rotatable bonds is 11. The second-order valence-electron chi connectivity index (χ2n) is 15.4. The number of carbonyl (C=O) groups excluding carboxylic acids is 4. The zero-order chi connectivity index (χ0) is 37.7. The van der Waals surface area contributed by atoms with Crippen molar-refractivity contribution in [1.29, 1.82) is 0 Å². The number of nitrogens with one attached hydrogen (secondary N) is 3. The predicted molar refractivity (Wildman–Crippen MR) is 190 cm³/mol. The van der Waals surface area contributed by atoms with E-state index in [1.165, 1.54) is 24.3 Å². The summed E-state index contributed by atoms with van der Waals surface area (Å²) in [4.78, 5) is 60.7. The number of fused-ring (bicyclic) bond motifs is 1. The van der Waals surface area contributed by atoms with Crippen LogP contribution >= 0.6 is 11.6 Å². The molecule has 2 saturated carbocycles. The van der Waals surface area contributed by atoms with Gasteiger partial charge in [-0.3, -0.25) is 19.1 Å². The lowest BCUT2D eigenvalue weighted by molar-refractivity contribution is -0.143. The molecule has 1 aliphatic heterocycles. The van der Waals surface area contributed by atoms with Gasteiger partial charge in [-0.25, -0.2) is 18.2 Å². The molecule has 5 atom stereocenters. The Hall–Kier alpha value is -4.11. The van der Waals surface area contributed by atoms with Crippen LogP contribution in [0.25, 0.3) is 10.8 Å². The molecule has 0 spiro atoms. The number of likely N-dealkylation sites (tertiary alicyclic amines) is 1. The highest BCUT2D eigenvalue weighted by molar-refractivity contribution is 7.91. The van der Waals surface area contributed by atoms with E-state index in [0.717, 1.165) is 0 Å². The fourth-order valence-electron chi connectivity index (χ4n) is 6.21. The number of sulfonamides is 1. The Bertz CT molecular complexity index is 1850. The maximum atomic E-state index is 14.4. The monoisotopic (exact) mass is 747 g/mol. The number of benzene rings is 1. The third-order valence-corrected chi connectivity index (χ3v) is 11.4. The minimum absolute atomic E-state index is 0.0142. The zero-order valence-electron chi connectivity index (χ0n) is 29.9. The van der Waals surface area contributed by atoms with Crippen molar-refractivity contribution in [2.45, 2.75) is 102 Å². The van der Waals surface area contributed by atoms with Crippen LogP contribution in [-0.2, 0) is 29.1 Å². The first kappa shape index (κ1) is 38.1. The van der Waals surface area contributed by atoms with Crippen LogP contribution in [0.15, 0.2) is 37.1 Å². The van der Waals surface area contributed by atoms with Crippen LogP contribution in [-0.4, -0.2) is 90.3 Å². The molecule has 1 aromatic heterocycles. The Balaban J connectivity index is 1.46. The van der Waals surface area contributed by atoms with E-state index in [9.17, 15) is 27.6 Å². The average Bonchev–Trinajstić information content (AvgIpc) is 3.95. The Morgan fingerprint density at radius 1 is 1.10 bits per heavy atom. The van der Waals surface area contributed by atoms with Gasteiger partial charge in [0.25, 0.3) is 5.91 Å². The molecule has 1 aromatic carbocycles. The van der Waals surface area contributed by atoms with Gasteiger partial charge < -0.3 is 29.7 Å². The Morgan fingerprint density at radius 2 is 1.78 bits per heavy atom. The number of halogens is 1. The minimum atomic E-state index is -3.91. The molecule has 278 valence electrons. The van der Waals surface area contributed by atoms with Crippen LogP contribution in [0.1, 0.15) is 67.2 Å². The van der Waals surface area contributed by atoms with Crippen molar-refractivity contribution in [2.24, 2.45) is 11.3 Å². The molecule has 3 fully saturated rings. The molecule has 1 saturated heterocycles. The maximum absolute atomic E-state index is 14.4. The molecule has 3 N–H and O–H groups in total. The smallest absolute Gasteiger partial charge is 0.408 e. The van der Waals surface area contributed by atoms with Crippen LogP contribution in [0.2, 0.25) is 5.02 Å². The summed E-state index contributed by atoms with van der Waals surface area (Å²) in [5, 5.41) is 6.35. The number of methoxy groups -OCH3 is 1. The van der Waals surface area contributed by atoms with Crippen LogP contribution in [0.5, 0.6) is 11.6 Å². The van der Waals surface area contributed by atoms with Gasteiger partial charge in [0.2, 0.25) is 27.7 Å². The number of nitrogens with zero attached hydrogens (tertiary/aromatic N) is 2. The fraction of sp³-hybridized carbons (Fsp3) is 0.571. The molecule has 0 bridgehead atoms. The molecule has 2 aromatic rings. The van der Waals surface area contributed by atoms with Gasteiger partial charge in [-0.1, -0.05) is 38.4 Å². The third kappa shape index (κ3) is 8.19. The highest BCUT2D eigenvalue weighted by Crippen LogP contribution is 2.46. The summed E-state index contributed by atoms with van der Waals surface area (Å²) >= 11 is 6.56. The SMILES string of the molecule is C=C[C@@H]1C[C@]1(NC(=O)[C@@H]1C[C@@H](Oc2nccc3c(Cl)c(OC)ccc23)CN1C(=O)[C@@H](NC(=O)OC(C)(C)C)C(C)(C)C)C(=O)NS(=O)(=O)C1CC1. The van der Waals surface area contributed by atoms with Crippen molar-refractivity contribution in [3.05, 3.63) is 42.1 Å². The summed E-state index contributed by atoms with van der Waals surface area (Å²) in [5.74, 6) is -1.99. The normalized spacial score (nSPS) is 23.9. The summed E-state index contributed by atoms with van der Waals surface area (Å²) in [6, 6.07) is 2.82. The molecule has 2 heterocycles. The van der Waals surface area contributed by atoms with Crippen LogP contribution in [0.3, 0.4) is 0 Å². The molecule has 51 heavy (non-hydrogen) atoms. The molecule has 14 nitrogen and oxygen atoms in total. The van der Waals surface area contributed by atoms with Crippen molar-refractivity contribution in [3.8, 4) is 11.6 Å². The van der Waals surface area contributed by atoms with Gasteiger partial charge in [0.05, 0.1) is 23.9 Å². The lowest BCUT2D eigenvalue weighted by Crippen LogP contribution is -2.60. The predicted octanol–water partition coefficient (Wildman–Crippen LogP) is 3.85. The van der Waals surface area contributed by atoms with Gasteiger partial charge in [0, 0.05) is 29.3 Å². The molecule has 16 heteroatoms. The quantitative estimate of drug-likeness (QED) is 0.286. The van der Waals surface area contributed by atoms with Gasteiger partial charge in [0.15, 0.2) is 0 Å². The number of ether oxygens (including phenoxy) is 3. The van der Waals surface area contributed by atoms with Crippen LogP contribution in [0, 0.1) is 11.3 Å². The molecule has 3 aliphatic rings. The summed E-state index contributed by atoms with van der Waals surface area (Å²) in [7, 11) is -2.41. The number of amides is 4. The number of carbonyl (C=O) groups is 4. The first-order valence-corrected chi connectivity index (χ1v) is 18.7. The molecule has 5 rings (SSSR count). The Labute approximate surface area is 303 Å². The average molecular weight is 748 g/mol. The van der Waals surface area contributed by atoms with Gasteiger partial charge in [0.1, 0.15) is 35.1 Å². The van der Waals surface area contributed by atoms with Gasteiger partial charge in [-0.2, -0.15) is 0 Å². The third-order valence-electron chi connectivity index (χ3n) is 9.18. The number of alkyl carbamates (subject to hydrolysis) is 1. The topological polar surface area (TPSA) is 182 Å². The molecule has 0 unspecified atom stereocenters. The number of pyridine rings is 1. The summed E-state index contributed by atoms with van der Waals surface area (Å²) < 4.78 is 44.6. The van der Waals surface area contributed by atoms with E-state index in [1.807, 2.05) is 0 Å². The second kappa shape index (κ2) is 13.8. The van der Waals surface area contributed by atoms with Crippen LogP contribution < -0.4 is 24.8 Å². The highest BCUT2D eigenvalue weighted by Gasteiger charge is 2.62. The molecule has 4 amide bonds. The fourth-order valence-corrected chi connectivity index (χ4v) is 7.88. The molecule has 2 aliphatic carbocycles. The van der Waals surface area contributed by atoms with E-state index in [2.05, 4.69) is 26.9 Å². The van der Waals surface area contributed by atoms with Gasteiger partial charge in [-0.15, -0.1) is 6.58 Å². The number of hydrogen-bond acceptors (Lipinski definition) is 10. The Kier molecular flexibility index (Phi) is 10.3. The highest BCUT2D eigenvalue weighted by atomic mass is 35.5. The Morgan fingerprint density at radius 3 is 2.35 bits per heavy atom. The first-order chi connectivity index (χ1) is 23.7. The van der Waals surface area contributed by atoms with Crippen molar-refractivity contribution in [1.82, 2.24) is 25.2 Å². The number of hydrogen-bond donors (Lipinski definition) is 3. The summed E-state index contributed by atoms with van der Waals surface area (Å²) in [5.41, 5.74) is -3.24. The lowest BCUT2D eigenvalue weighted by atomic mass is 9.85. The van der Waals surface area contributed by atoms with E-state index in [0.29, 0.717) is 34.4 Å². The van der Waals surface area contributed by atoms with E-state index in [-0.39, 0.29) is 25.3 Å². The summed E-state index contributed by atoms with van der Waals surface area (Å²) in [6.07, 6.45) is 2.45. The van der Waals surface area contributed by atoms with Gasteiger partial charge in [-0.05, 0) is 63.6 Å². The lowest BCUT2D eigenvalue weighted by Gasteiger charge is -2.36. The van der Waals surface area contributed by atoms with Crippen LogP contribution in [0.4, 0.5) is 4.79 Å². The zero-order valence-corrected chi connectivity index (χ0v) is 31.4. The molecular formula is C35H46ClN5O9S. The van der Waals surface area contributed by atoms with Gasteiger partial charge >= 0.3 is 6.09 Å². The van der Waals surface area contributed by atoms with Crippen molar-refractivity contribution >= 4 is 56.2 Å². The van der Waals surface area contributed by atoms with Crippen molar-refractivity contribution in [3.63, 3.8) is 0 Å². The van der Waals surface area contributed by atoms with E-state index in [4.69, 9.17) is 25.8 Å². The van der Waals surface area contributed by atoms with E-state index < -0.39 is 79.7 Å². The van der Waals surface area contributed by atoms with Crippen molar-refractivity contribution in [2.75, 3.05) is 13.7 Å². The molecule has 0 radical (unpaired) electrons. The minimum Gasteiger partial charge on any atom is -0.495 e. The summed E-state index contributed by atoms with van der Waals surface area (Å²) in [6.45, 7) is 14.1. The maximum Gasteiger partial charge on any atom is 0.408 e. The number of aromatic nitrogens is 1. The standard InChI is InChI=1S/C35H46ClN5O9S/c1-9-19-17-35(19,31(44)40-51(46,47)21-10-11-21)39-28(42)24-16-20(49-29-23-12-13-25(48-8)26(36)22(23)14-15-37-29)18-41(24)30(43)27(33(2,3)4)38-32(45)50-34(5,6)7/h9,12-15,19-21,24,27H,1,10-11,16-18H2,2-8H3,(H,38,45)(H,39,42)(H,40,44)/t19-,20-,24+,27-,35-/m1/s1. The molecular weight excluding hydrogens is 702 g/mol. The first-order valence-electron chi connectivity index (χ1n) is 16.8. The van der Waals surface area contributed by atoms with E-state index >= 15 is 0 Å². The van der Waals surface area contributed by atoms with E-state index in [1.54, 1.807) is 59.7 Å².